The smallest absolute Gasteiger partial charge is 0.493 e. The van der Waals surface area contributed by atoms with Crippen LogP contribution in [0.2, 0.25) is 5.02 Å². The van der Waals surface area contributed by atoms with Gasteiger partial charge in [-0.25, -0.2) is 17.8 Å². The molecule has 4 aromatic rings. The highest BCUT2D eigenvalue weighted by Crippen LogP contribution is 2.31. The van der Waals surface area contributed by atoms with Gasteiger partial charge in [-0.2, -0.15) is 13.2 Å². The maximum atomic E-state index is 13.1. The Morgan fingerprint density at radius 3 is 2.39 bits per heavy atom. The number of hydrogen-bond acceptors (Lipinski definition) is 5. The van der Waals surface area contributed by atoms with Crippen LogP contribution in [0.1, 0.15) is 11.3 Å². The van der Waals surface area contributed by atoms with Gasteiger partial charge in [0.15, 0.2) is 0 Å². The summed E-state index contributed by atoms with van der Waals surface area (Å²) in [5.41, 5.74) is -4.65. The lowest BCUT2D eigenvalue weighted by atomic mass is 10.1. The van der Waals surface area contributed by atoms with E-state index in [0.717, 1.165) is 28.8 Å². The molecule has 2 aromatic carbocycles. The maximum Gasteiger partial charge on any atom is 0.501 e. The van der Waals surface area contributed by atoms with Gasteiger partial charge in [0, 0.05) is 11.6 Å². The molecule has 0 aliphatic heterocycles. The molecule has 2 heterocycles. The summed E-state index contributed by atoms with van der Waals surface area (Å²) in [6.45, 7) is 1.54. The standard InChI is InChI=1S/C21H15ClF3N3O4S/c1-12-19(29)28(14-5-7-15(8-6-14)33(31,32)21(23,24)25)20(30)27(12)11-13-9-10-26-17-4-2-3-16(22)18(13)17/h2-10,29H,11H2,1H3. The lowest BCUT2D eigenvalue weighted by Gasteiger charge is -2.09. The summed E-state index contributed by atoms with van der Waals surface area (Å²) in [6.07, 6.45) is 1.56. The molecule has 4 rings (SSSR count). The molecule has 0 amide bonds. The maximum absolute atomic E-state index is 13.1. The lowest BCUT2D eigenvalue weighted by molar-refractivity contribution is -0.0436. The number of benzene rings is 2. The Labute approximate surface area is 190 Å². The van der Waals surface area contributed by atoms with Crippen LogP contribution in [-0.4, -0.2) is 33.2 Å². The first-order valence-corrected chi connectivity index (χ1v) is 11.2. The molecule has 0 atom stereocenters. The van der Waals surface area contributed by atoms with E-state index in [1.807, 2.05) is 0 Å². The summed E-state index contributed by atoms with van der Waals surface area (Å²) in [5, 5.41) is 11.6. The van der Waals surface area contributed by atoms with Crippen LogP contribution in [0.15, 0.2) is 64.4 Å². The van der Waals surface area contributed by atoms with Crippen LogP contribution in [0.4, 0.5) is 13.2 Å². The van der Waals surface area contributed by atoms with Crippen LogP contribution in [0, 0.1) is 6.92 Å². The molecule has 1 N–H and O–H groups in total. The number of halogens is 4. The molecular weight excluding hydrogens is 483 g/mol. The van der Waals surface area contributed by atoms with Crippen molar-refractivity contribution >= 4 is 32.3 Å². The number of imidazole rings is 1. The van der Waals surface area contributed by atoms with Gasteiger partial charge >= 0.3 is 11.2 Å². The van der Waals surface area contributed by atoms with E-state index in [2.05, 4.69) is 4.98 Å². The molecule has 0 saturated heterocycles. The molecule has 0 unspecified atom stereocenters. The van der Waals surface area contributed by atoms with E-state index in [1.165, 1.54) is 11.5 Å². The number of hydrogen-bond donors (Lipinski definition) is 1. The monoisotopic (exact) mass is 497 g/mol. The first kappa shape index (κ1) is 22.9. The lowest BCUT2D eigenvalue weighted by Crippen LogP contribution is -2.25. The molecule has 2 aromatic heterocycles. The zero-order valence-corrected chi connectivity index (χ0v) is 18.4. The van der Waals surface area contributed by atoms with Crippen LogP contribution in [0.25, 0.3) is 16.6 Å². The summed E-state index contributed by atoms with van der Waals surface area (Å²) < 4.78 is 63.6. The Hall–Kier alpha value is -3.31. The van der Waals surface area contributed by atoms with Gasteiger partial charge in [-0.3, -0.25) is 9.55 Å². The number of sulfone groups is 1. The van der Waals surface area contributed by atoms with Gasteiger partial charge in [0.1, 0.15) is 0 Å². The van der Waals surface area contributed by atoms with Gasteiger partial charge in [0.2, 0.25) is 5.88 Å². The van der Waals surface area contributed by atoms with Gasteiger partial charge in [-0.1, -0.05) is 17.7 Å². The molecule has 0 aliphatic rings. The van der Waals surface area contributed by atoms with Crippen molar-refractivity contribution in [3.05, 3.63) is 81.5 Å². The number of alkyl halides is 3. The van der Waals surface area contributed by atoms with Crippen LogP contribution in [-0.2, 0) is 16.4 Å². The average molecular weight is 498 g/mol. The molecule has 172 valence electrons. The zero-order chi connectivity index (χ0) is 24.1. The molecule has 0 spiro atoms. The van der Waals surface area contributed by atoms with E-state index in [0.29, 0.717) is 21.5 Å². The van der Waals surface area contributed by atoms with Crippen LogP contribution >= 0.6 is 11.6 Å². The largest absolute Gasteiger partial charge is 0.501 e. The Bertz CT molecular complexity index is 1540. The summed E-state index contributed by atoms with van der Waals surface area (Å²) in [4.78, 5) is 16.4. The van der Waals surface area contributed by atoms with Crippen molar-refractivity contribution in [1.82, 2.24) is 14.1 Å². The van der Waals surface area contributed by atoms with Gasteiger partial charge in [0.05, 0.1) is 33.4 Å². The van der Waals surface area contributed by atoms with Crippen molar-refractivity contribution in [2.75, 3.05) is 0 Å². The van der Waals surface area contributed by atoms with Gasteiger partial charge in [-0.15, -0.1) is 0 Å². The number of fused-ring (bicyclic) bond motifs is 1. The van der Waals surface area contributed by atoms with Crippen LogP contribution < -0.4 is 5.69 Å². The Kier molecular flexibility index (Phi) is 5.49. The number of rotatable bonds is 4. The third kappa shape index (κ3) is 3.76. The molecule has 0 saturated carbocycles. The zero-order valence-electron chi connectivity index (χ0n) is 16.8. The number of aromatic nitrogens is 3. The SMILES string of the molecule is Cc1c(O)n(-c2ccc(S(=O)(=O)C(F)(F)F)cc2)c(=O)n1Cc1ccnc2cccc(Cl)c12. The van der Waals surface area contributed by atoms with Gasteiger partial charge < -0.3 is 5.11 Å². The van der Waals surface area contributed by atoms with Crippen molar-refractivity contribution in [2.45, 2.75) is 23.9 Å². The minimum atomic E-state index is -5.54. The minimum absolute atomic E-state index is 0.00177. The van der Waals surface area contributed by atoms with E-state index >= 15 is 0 Å². The Balaban J connectivity index is 1.79. The first-order chi connectivity index (χ1) is 15.4. The second kappa shape index (κ2) is 7.92. The molecule has 7 nitrogen and oxygen atoms in total. The summed E-state index contributed by atoms with van der Waals surface area (Å²) >= 11 is 6.31. The second-order valence-corrected chi connectivity index (χ2v) is 9.51. The van der Waals surface area contributed by atoms with Crippen molar-refractivity contribution in [3.8, 4) is 11.6 Å². The second-order valence-electron chi connectivity index (χ2n) is 7.16. The Morgan fingerprint density at radius 1 is 1.09 bits per heavy atom. The van der Waals surface area contributed by atoms with Crippen LogP contribution in [0.5, 0.6) is 5.88 Å². The van der Waals surface area contributed by atoms with Crippen molar-refractivity contribution < 1.29 is 26.7 Å². The summed E-state index contributed by atoms with van der Waals surface area (Å²) in [5.74, 6) is -0.434. The van der Waals surface area contributed by atoms with E-state index in [9.17, 15) is 31.5 Å². The molecule has 0 radical (unpaired) electrons. The Morgan fingerprint density at radius 2 is 1.76 bits per heavy atom. The number of aromatic hydroxyl groups is 1. The van der Waals surface area contributed by atoms with E-state index < -0.39 is 31.8 Å². The topological polar surface area (TPSA) is 94.2 Å². The third-order valence-corrected chi connectivity index (χ3v) is 7.02. The molecule has 0 aliphatic carbocycles. The van der Waals surface area contributed by atoms with Crippen molar-refractivity contribution in [3.63, 3.8) is 0 Å². The van der Waals surface area contributed by atoms with Crippen LogP contribution in [0.3, 0.4) is 0 Å². The minimum Gasteiger partial charge on any atom is -0.493 e. The highest BCUT2D eigenvalue weighted by Gasteiger charge is 2.46. The number of nitrogens with zero attached hydrogens (tertiary/aromatic N) is 3. The fourth-order valence-electron chi connectivity index (χ4n) is 3.50. The fraction of sp³-hybridized carbons (Fsp3) is 0.143. The van der Waals surface area contributed by atoms with E-state index in [-0.39, 0.29) is 17.9 Å². The predicted molar refractivity (Wildman–Crippen MR) is 116 cm³/mol. The summed E-state index contributed by atoms with van der Waals surface area (Å²) in [6, 6.07) is 10.4. The van der Waals surface area contributed by atoms with Gasteiger partial charge in [0.25, 0.3) is 9.84 Å². The normalized spacial score (nSPS) is 12.4. The third-order valence-electron chi connectivity index (χ3n) is 5.20. The highest BCUT2D eigenvalue weighted by atomic mass is 35.5. The fourth-order valence-corrected chi connectivity index (χ4v) is 4.55. The summed E-state index contributed by atoms with van der Waals surface area (Å²) in [7, 11) is -5.54. The highest BCUT2D eigenvalue weighted by molar-refractivity contribution is 7.92. The molecule has 0 bridgehead atoms. The molecule has 33 heavy (non-hydrogen) atoms. The quantitative estimate of drug-likeness (QED) is 0.456. The van der Waals surface area contributed by atoms with E-state index in [4.69, 9.17) is 11.6 Å². The van der Waals surface area contributed by atoms with Crippen molar-refractivity contribution in [1.29, 1.82) is 0 Å². The molecule has 0 fully saturated rings. The first-order valence-electron chi connectivity index (χ1n) is 9.38. The van der Waals surface area contributed by atoms with E-state index in [1.54, 1.807) is 30.5 Å². The predicted octanol–water partition coefficient (Wildman–Crippen LogP) is 4.20. The number of pyridine rings is 1. The molecule has 12 heteroatoms. The average Bonchev–Trinajstić information content (AvgIpc) is 2.96. The van der Waals surface area contributed by atoms with Gasteiger partial charge in [-0.05, 0) is 55.0 Å². The van der Waals surface area contributed by atoms with Crippen molar-refractivity contribution in [2.24, 2.45) is 0 Å². The molecular formula is C21H15ClF3N3O4S.